The first-order valence-electron chi connectivity index (χ1n) is 8.00. The average molecular weight is 305 g/mol. The summed E-state index contributed by atoms with van der Waals surface area (Å²) in [5.74, 6) is 1.14. The molecule has 120 valence electrons. The van der Waals surface area contributed by atoms with Gasteiger partial charge in [-0.25, -0.2) is 4.98 Å². The number of hydrogen-bond acceptors (Lipinski definition) is 4. The Labute approximate surface area is 130 Å². The minimum atomic E-state index is -0.430. The zero-order valence-corrected chi connectivity index (χ0v) is 13.2. The topological polar surface area (TPSA) is 64.4 Å². The zero-order valence-electron chi connectivity index (χ0n) is 13.2. The molecule has 22 heavy (non-hydrogen) atoms. The summed E-state index contributed by atoms with van der Waals surface area (Å²) in [5, 5.41) is 0. The van der Waals surface area contributed by atoms with Gasteiger partial charge in [0.25, 0.3) is 0 Å². The minimum Gasteiger partial charge on any atom is -0.457 e. The molecule has 6 heteroatoms. The number of aromatic nitrogens is 2. The molecule has 2 aliphatic heterocycles. The fourth-order valence-corrected chi connectivity index (χ4v) is 3.47. The Hall–Kier alpha value is -1.85. The molecule has 1 spiro atoms. The Morgan fingerprint density at radius 2 is 2.27 bits per heavy atom. The number of imidazole rings is 1. The van der Waals surface area contributed by atoms with E-state index in [-0.39, 0.29) is 17.8 Å². The highest BCUT2D eigenvalue weighted by Gasteiger charge is 2.44. The number of carbonyl (C=O) groups excluding carboxylic acids is 2. The summed E-state index contributed by atoms with van der Waals surface area (Å²) in [4.78, 5) is 30.2. The quantitative estimate of drug-likeness (QED) is 0.797. The van der Waals surface area contributed by atoms with Crippen LogP contribution >= 0.6 is 0 Å². The smallest absolute Gasteiger partial charge is 0.306 e. The fraction of sp³-hybridized carbons (Fsp3) is 0.688. The van der Waals surface area contributed by atoms with Crippen LogP contribution in [-0.2, 0) is 20.9 Å². The van der Waals surface area contributed by atoms with Crippen molar-refractivity contribution in [2.45, 2.75) is 57.6 Å². The van der Waals surface area contributed by atoms with Gasteiger partial charge in [0, 0.05) is 31.3 Å². The maximum absolute atomic E-state index is 12.6. The molecule has 3 heterocycles. The summed E-state index contributed by atoms with van der Waals surface area (Å²) in [5.41, 5.74) is -0.430. The van der Waals surface area contributed by atoms with Crippen LogP contribution < -0.4 is 0 Å². The number of likely N-dealkylation sites (tertiary alicyclic amines) is 1. The van der Waals surface area contributed by atoms with Gasteiger partial charge in [-0.15, -0.1) is 0 Å². The SMILES string of the molecule is CC(C)c1nccn1CC(=O)N1CCCC2(CCC(=O)O2)C1. The summed E-state index contributed by atoms with van der Waals surface area (Å²) in [6, 6.07) is 0. The van der Waals surface area contributed by atoms with Crippen LogP contribution in [0.4, 0.5) is 0 Å². The highest BCUT2D eigenvalue weighted by molar-refractivity contribution is 5.77. The van der Waals surface area contributed by atoms with Crippen molar-refractivity contribution in [1.29, 1.82) is 0 Å². The molecule has 0 bridgehead atoms. The Kier molecular flexibility index (Phi) is 3.93. The number of esters is 1. The monoisotopic (exact) mass is 305 g/mol. The molecule has 3 rings (SSSR count). The standard InChI is InChI=1S/C16H23N3O3/c1-12(2)15-17-7-9-18(15)10-13(20)19-8-3-5-16(11-19)6-4-14(21)22-16/h7,9,12H,3-6,8,10-11H2,1-2H3. The molecule has 2 fully saturated rings. The number of ether oxygens (including phenoxy) is 1. The van der Waals surface area contributed by atoms with Crippen LogP contribution in [0, 0.1) is 0 Å². The van der Waals surface area contributed by atoms with E-state index in [1.807, 2.05) is 15.7 Å². The van der Waals surface area contributed by atoms with E-state index in [4.69, 9.17) is 4.74 Å². The third kappa shape index (κ3) is 2.87. The lowest BCUT2D eigenvalue weighted by Gasteiger charge is -2.39. The molecule has 0 radical (unpaired) electrons. The van der Waals surface area contributed by atoms with Crippen LogP contribution in [0.3, 0.4) is 0 Å². The van der Waals surface area contributed by atoms with Gasteiger partial charge in [-0.1, -0.05) is 13.8 Å². The molecule has 1 amide bonds. The molecule has 6 nitrogen and oxygen atoms in total. The summed E-state index contributed by atoms with van der Waals surface area (Å²) in [7, 11) is 0. The molecule has 1 unspecified atom stereocenters. The van der Waals surface area contributed by atoms with Crippen LogP contribution in [0.5, 0.6) is 0 Å². The second-order valence-corrected chi connectivity index (χ2v) is 6.64. The third-order valence-electron chi connectivity index (χ3n) is 4.58. The summed E-state index contributed by atoms with van der Waals surface area (Å²) in [6.45, 7) is 5.71. The number of rotatable bonds is 3. The first-order valence-corrected chi connectivity index (χ1v) is 8.00. The van der Waals surface area contributed by atoms with E-state index in [0.29, 0.717) is 19.5 Å². The van der Waals surface area contributed by atoms with Gasteiger partial charge >= 0.3 is 5.97 Å². The van der Waals surface area contributed by atoms with E-state index < -0.39 is 5.60 Å². The largest absolute Gasteiger partial charge is 0.457 e. The summed E-state index contributed by atoms with van der Waals surface area (Å²) in [6.07, 6.45) is 6.55. The van der Waals surface area contributed by atoms with E-state index in [1.165, 1.54) is 0 Å². The molecule has 0 aliphatic carbocycles. The first kappa shape index (κ1) is 15.1. The van der Waals surface area contributed by atoms with Gasteiger partial charge in [0.2, 0.25) is 5.91 Å². The van der Waals surface area contributed by atoms with Crippen molar-refractivity contribution >= 4 is 11.9 Å². The molecule has 2 aliphatic rings. The molecule has 2 saturated heterocycles. The van der Waals surface area contributed by atoms with Crippen LogP contribution in [-0.4, -0.2) is 45.0 Å². The van der Waals surface area contributed by atoms with E-state index >= 15 is 0 Å². The van der Waals surface area contributed by atoms with E-state index in [0.717, 1.165) is 31.6 Å². The van der Waals surface area contributed by atoms with Gasteiger partial charge in [0.05, 0.1) is 6.54 Å². The molecule has 0 saturated carbocycles. The third-order valence-corrected chi connectivity index (χ3v) is 4.58. The number of amides is 1. The maximum Gasteiger partial charge on any atom is 0.306 e. The Balaban J connectivity index is 1.67. The molecular weight excluding hydrogens is 282 g/mol. The van der Waals surface area contributed by atoms with Crippen molar-refractivity contribution in [3.05, 3.63) is 18.2 Å². The number of hydrogen-bond donors (Lipinski definition) is 0. The van der Waals surface area contributed by atoms with Crippen LogP contribution in [0.15, 0.2) is 12.4 Å². The zero-order chi connectivity index (χ0) is 15.7. The Bertz CT molecular complexity index is 581. The van der Waals surface area contributed by atoms with Gasteiger partial charge in [-0.3, -0.25) is 9.59 Å². The summed E-state index contributed by atoms with van der Waals surface area (Å²) < 4.78 is 7.43. The number of carbonyl (C=O) groups is 2. The normalized spacial score (nSPS) is 25.0. The van der Waals surface area contributed by atoms with Crippen molar-refractivity contribution in [3.63, 3.8) is 0 Å². The van der Waals surface area contributed by atoms with Gasteiger partial charge in [-0.2, -0.15) is 0 Å². The van der Waals surface area contributed by atoms with Crippen LogP contribution in [0.1, 0.15) is 51.3 Å². The van der Waals surface area contributed by atoms with Gasteiger partial charge in [0.15, 0.2) is 0 Å². The fourth-order valence-electron chi connectivity index (χ4n) is 3.47. The lowest BCUT2D eigenvalue weighted by molar-refractivity contribution is -0.157. The summed E-state index contributed by atoms with van der Waals surface area (Å²) >= 11 is 0. The molecule has 1 atom stereocenters. The highest BCUT2D eigenvalue weighted by atomic mass is 16.6. The highest BCUT2D eigenvalue weighted by Crippen LogP contribution is 2.35. The van der Waals surface area contributed by atoms with Crippen molar-refractivity contribution in [2.75, 3.05) is 13.1 Å². The number of piperidine rings is 1. The predicted molar refractivity (Wildman–Crippen MR) is 80.2 cm³/mol. The lowest BCUT2D eigenvalue weighted by atomic mass is 9.90. The molecule has 0 N–H and O–H groups in total. The van der Waals surface area contributed by atoms with E-state index in [9.17, 15) is 9.59 Å². The molecule has 1 aromatic rings. The Morgan fingerprint density at radius 3 is 2.95 bits per heavy atom. The molecular formula is C16H23N3O3. The minimum absolute atomic E-state index is 0.0712. The van der Waals surface area contributed by atoms with E-state index in [2.05, 4.69) is 18.8 Å². The second-order valence-electron chi connectivity index (χ2n) is 6.64. The lowest BCUT2D eigenvalue weighted by Crippen LogP contribution is -2.51. The van der Waals surface area contributed by atoms with Crippen molar-refractivity contribution in [3.8, 4) is 0 Å². The molecule has 1 aromatic heterocycles. The van der Waals surface area contributed by atoms with Crippen molar-refractivity contribution in [2.24, 2.45) is 0 Å². The van der Waals surface area contributed by atoms with Crippen LogP contribution in [0.2, 0.25) is 0 Å². The average Bonchev–Trinajstić information content (AvgIpc) is 3.06. The first-order chi connectivity index (χ1) is 10.5. The van der Waals surface area contributed by atoms with Gasteiger partial charge in [0.1, 0.15) is 18.0 Å². The van der Waals surface area contributed by atoms with Gasteiger partial charge < -0.3 is 14.2 Å². The van der Waals surface area contributed by atoms with Gasteiger partial charge in [-0.05, 0) is 19.3 Å². The molecule has 0 aromatic carbocycles. The van der Waals surface area contributed by atoms with Crippen molar-refractivity contribution < 1.29 is 14.3 Å². The Morgan fingerprint density at radius 1 is 1.45 bits per heavy atom. The van der Waals surface area contributed by atoms with Crippen LogP contribution in [0.25, 0.3) is 0 Å². The number of nitrogens with zero attached hydrogens (tertiary/aromatic N) is 3. The van der Waals surface area contributed by atoms with E-state index in [1.54, 1.807) is 6.20 Å². The predicted octanol–water partition coefficient (Wildman–Crippen LogP) is 1.70. The maximum atomic E-state index is 12.6. The second kappa shape index (κ2) is 5.74. The van der Waals surface area contributed by atoms with Crippen molar-refractivity contribution in [1.82, 2.24) is 14.5 Å².